The smallest absolute Gasteiger partial charge is 0.319 e. The number of carbonyl (C=O) groups is 1. The number of methoxy groups -OCH3 is 2. The zero-order valence-corrected chi connectivity index (χ0v) is 12.7. The average molecular weight is 314 g/mol. The zero-order valence-electron chi connectivity index (χ0n) is 11.9. The summed E-state index contributed by atoms with van der Waals surface area (Å²) in [6.45, 7) is 0. The van der Waals surface area contributed by atoms with Crippen molar-refractivity contribution in [2.45, 2.75) is 12.5 Å². The monoisotopic (exact) mass is 314 g/mol. The highest BCUT2D eigenvalue weighted by Gasteiger charge is 2.28. The van der Waals surface area contributed by atoms with Crippen LogP contribution in [0.15, 0.2) is 18.2 Å². The van der Waals surface area contributed by atoms with Crippen LogP contribution >= 0.6 is 0 Å². The van der Waals surface area contributed by atoms with Crippen molar-refractivity contribution in [2.24, 2.45) is 0 Å². The SMILES string of the molecule is COc1ccc(NC(=O)N[C@@H]2CCS(=O)(=O)C2)cc1OC. The van der Waals surface area contributed by atoms with Crippen molar-refractivity contribution < 1.29 is 22.7 Å². The van der Waals surface area contributed by atoms with Crippen LogP contribution in [0, 0.1) is 0 Å². The van der Waals surface area contributed by atoms with Crippen molar-refractivity contribution in [3.8, 4) is 11.5 Å². The Balaban J connectivity index is 1.97. The summed E-state index contributed by atoms with van der Waals surface area (Å²) in [5.41, 5.74) is 0.533. The number of benzene rings is 1. The second kappa shape index (κ2) is 6.21. The van der Waals surface area contributed by atoms with Crippen LogP contribution in [0.25, 0.3) is 0 Å². The normalized spacial score (nSPS) is 19.8. The lowest BCUT2D eigenvalue weighted by Crippen LogP contribution is -2.38. The summed E-state index contributed by atoms with van der Waals surface area (Å²) in [6, 6.07) is 4.20. The summed E-state index contributed by atoms with van der Waals surface area (Å²) in [5.74, 6) is 1.17. The Morgan fingerprint density at radius 1 is 1.24 bits per heavy atom. The molecule has 1 aliphatic heterocycles. The number of hydrogen-bond acceptors (Lipinski definition) is 5. The second-order valence-electron chi connectivity index (χ2n) is 4.77. The topological polar surface area (TPSA) is 93.7 Å². The van der Waals surface area contributed by atoms with Crippen LogP contribution in [0.2, 0.25) is 0 Å². The first kappa shape index (κ1) is 15.4. The number of ether oxygens (including phenoxy) is 2. The molecular weight excluding hydrogens is 296 g/mol. The van der Waals surface area contributed by atoms with Gasteiger partial charge in [-0.15, -0.1) is 0 Å². The summed E-state index contributed by atoms with van der Waals surface area (Å²) in [5, 5.41) is 5.29. The summed E-state index contributed by atoms with van der Waals surface area (Å²) >= 11 is 0. The fourth-order valence-electron chi connectivity index (χ4n) is 2.18. The number of amides is 2. The van der Waals surface area contributed by atoms with Crippen LogP contribution in [0.1, 0.15) is 6.42 Å². The molecule has 1 fully saturated rings. The van der Waals surface area contributed by atoms with E-state index in [4.69, 9.17) is 9.47 Å². The van der Waals surface area contributed by atoms with E-state index in [1.54, 1.807) is 18.2 Å². The lowest BCUT2D eigenvalue weighted by Gasteiger charge is -2.13. The molecule has 21 heavy (non-hydrogen) atoms. The van der Waals surface area contributed by atoms with E-state index in [1.807, 2.05) is 0 Å². The molecule has 1 aromatic carbocycles. The van der Waals surface area contributed by atoms with Crippen molar-refractivity contribution in [1.82, 2.24) is 5.32 Å². The molecule has 0 saturated carbocycles. The van der Waals surface area contributed by atoms with E-state index in [0.717, 1.165) is 0 Å². The maximum absolute atomic E-state index is 11.8. The van der Waals surface area contributed by atoms with E-state index in [0.29, 0.717) is 23.6 Å². The quantitative estimate of drug-likeness (QED) is 0.865. The third kappa shape index (κ3) is 4.01. The molecule has 7 nitrogen and oxygen atoms in total. The third-order valence-electron chi connectivity index (χ3n) is 3.21. The fourth-order valence-corrected chi connectivity index (χ4v) is 3.85. The van der Waals surface area contributed by atoms with Gasteiger partial charge in [-0.1, -0.05) is 0 Å². The van der Waals surface area contributed by atoms with Crippen LogP contribution in [0.5, 0.6) is 11.5 Å². The minimum atomic E-state index is -3.01. The van der Waals surface area contributed by atoms with Crippen LogP contribution in [-0.2, 0) is 9.84 Å². The first-order valence-electron chi connectivity index (χ1n) is 6.43. The minimum absolute atomic E-state index is 0.00759. The highest BCUT2D eigenvalue weighted by molar-refractivity contribution is 7.91. The number of hydrogen-bond donors (Lipinski definition) is 2. The molecule has 1 atom stereocenters. The van der Waals surface area contributed by atoms with Gasteiger partial charge in [-0.05, 0) is 18.6 Å². The van der Waals surface area contributed by atoms with E-state index in [1.165, 1.54) is 14.2 Å². The molecule has 1 aliphatic rings. The molecule has 0 spiro atoms. The standard InChI is InChI=1S/C13H18N2O5S/c1-19-11-4-3-9(7-12(11)20-2)14-13(16)15-10-5-6-21(17,18)8-10/h3-4,7,10H,5-6,8H2,1-2H3,(H2,14,15,16)/t10-/m1/s1. The molecule has 0 bridgehead atoms. The van der Waals surface area contributed by atoms with Gasteiger partial charge in [0.15, 0.2) is 21.3 Å². The van der Waals surface area contributed by atoms with E-state index >= 15 is 0 Å². The summed E-state index contributed by atoms with van der Waals surface area (Å²) in [6.07, 6.45) is 0.446. The number of sulfone groups is 1. The molecule has 2 N–H and O–H groups in total. The molecular formula is C13H18N2O5S. The summed E-state index contributed by atoms with van der Waals surface area (Å²) < 4.78 is 32.9. The van der Waals surface area contributed by atoms with Gasteiger partial charge in [-0.25, -0.2) is 13.2 Å². The third-order valence-corrected chi connectivity index (χ3v) is 4.98. The van der Waals surface area contributed by atoms with Crippen molar-refractivity contribution in [3.05, 3.63) is 18.2 Å². The first-order valence-corrected chi connectivity index (χ1v) is 8.25. The number of nitrogens with one attached hydrogen (secondary N) is 2. The van der Waals surface area contributed by atoms with Crippen molar-refractivity contribution in [3.63, 3.8) is 0 Å². The number of urea groups is 1. The van der Waals surface area contributed by atoms with E-state index in [2.05, 4.69) is 10.6 Å². The van der Waals surface area contributed by atoms with E-state index in [9.17, 15) is 13.2 Å². The average Bonchev–Trinajstić information content (AvgIpc) is 2.77. The van der Waals surface area contributed by atoms with Gasteiger partial charge >= 0.3 is 6.03 Å². The van der Waals surface area contributed by atoms with Gasteiger partial charge in [-0.3, -0.25) is 0 Å². The second-order valence-corrected chi connectivity index (χ2v) is 7.00. The number of anilines is 1. The molecule has 2 rings (SSSR count). The Morgan fingerprint density at radius 2 is 1.95 bits per heavy atom. The summed E-state index contributed by atoms with van der Waals surface area (Å²) in [4.78, 5) is 11.8. The molecule has 1 saturated heterocycles. The lowest BCUT2D eigenvalue weighted by atomic mass is 10.2. The van der Waals surface area contributed by atoms with Gasteiger partial charge in [0.05, 0.1) is 25.7 Å². The Hall–Kier alpha value is -1.96. The maximum atomic E-state index is 11.8. The zero-order chi connectivity index (χ0) is 15.5. The highest BCUT2D eigenvalue weighted by atomic mass is 32.2. The van der Waals surface area contributed by atoms with Gasteiger partial charge in [0.25, 0.3) is 0 Å². The molecule has 1 aromatic rings. The molecule has 0 unspecified atom stereocenters. The molecule has 0 radical (unpaired) electrons. The van der Waals surface area contributed by atoms with Gasteiger partial charge in [0.1, 0.15) is 0 Å². The van der Waals surface area contributed by atoms with Crippen molar-refractivity contribution in [1.29, 1.82) is 0 Å². The van der Waals surface area contributed by atoms with Crippen LogP contribution < -0.4 is 20.1 Å². The first-order chi connectivity index (χ1) is 9.93. The molecule has 1 heterocycles. The predicted octanol–water partition coefficient (Wildman–Crippen LogP) is 1.01. The van der Waals surface area contributed by atoms with Crippen LogP contribution in [0.4, 0.5) is 10.5 Å². The van der Waals surface area contributed by atoms with Gasteiger partial charge < -0.3 is 20.1 Å². The molecule has 116 valence electrons. The van der Waals surface area contributed by atoms with Crippen LogP contribution in [0.3, 0.4) is 0 Å². The molecule has 0 aliphatic carbocycles. The molecule has 2 amide bonds. The van der Waals surface area contributed by atoms with E-state index in [-0.39, 0.29) is 17.5 Å². The minimum Gasteiger partial charge on any atom is -0.493 e. The van der Waals surface area contributed by atoms with Crippen LogP contribution in [-0.4, -0.2) is 46.2 Å². The van der Waals surface area contributed by atoms with Crippen molar-refractivity contribution in [2.75, 3.05) is 31.0 Å². The highest BCUT2D eigenvalue weighted by Crippen LogP contribution is 2.29. The van der Waals surface area contributed by atoms with Gasteiger partial charge in [0, 0.05) is 17.8 Å². The molecule has 8 heteroatoms. The predicted molar refractivity (Wildman–Crippen MR) is 78.8 cm³/mol. The van der Waals surface area contributed by atoms with Crippen molar-refractivity contribution >= 4 is 21.6 Å². The van der Waals surface area contributed by atoms with Gasteiger partial charge in [-0.2, -0.15) is 0 Å². The summed E-state index contributed by atoms with van der Waals surface area (Å²) in [7, 11) is 0.0184. The fraction of sp³-hybridized carbons (Fsp3) is 0.462. The number of rotatable bonds is 4. The Bertz CT molecular complexity index is 629. The Morgan fingerprint density at radius 3 is 2.52 bits per heavy atom. The number of carbonyl (C=O) groups excluding carboxylic acids is 1. The Labute approximate surface area is 123 Å². The Kier molecular flexibility index (Phi) is 4.56. The van der Waals surface area contributed by atoms with E-state index < -0.39 is 15.9 Å². The maximum Gasteiger partial charge on any atom is 0.319 e. The lowest BCUT2D eigenvalue weighted by molar-refractivity contribution is 0.249. The van der Waals surface area contributed by atoms with Gasteiger partial charge in [0.2, 0.25) is 0 Å². The molecule has 0 aromatic heterocycles. The largest absolute Gasteiger partial charge is 0.493 e.